The van der Waals surface area contributed by atoms with Crippen LogP contribution in [-0.2, 0) is 9.59 Å². The molecule has 1 heterocycles. The molecular weight excluding hydrogens is 188 g/mol. The Morgan fingerprint density at radius 1 is 1.69 bits per heavy atom. The molecule has 0 bridgehead atoms. The lowest BCUT2D eigenvalue weighted by Gasteiger charge is -2.10. The molecule has 1 saturated heterocycles. The molecule has 1 fully saturated rings. The van der Waals surface area contributed by atoms with Crippen molar-refractivity contribution in [2.45, 2.75) is 25.3 Å². The minimum absolute atomic E-state index is 0.00357. The number of amides is 2. The van der Waals surface area contributed by atoms with Crippen molar-refractivity contribution in [1.82, 2.24) is 10.6 Å². The number of hydrogen-bond acceptors (Lipinski definition) is 3. The van der Waals surface area contributed by atoms with Crippen LogP contribution < -0.4 is 10.6 Å². The van der Waals surface area contributed by atoms with Gasteiger partial charge in [0.25, 0.3) is 0 Å². The number of hydrogen-bond donors (Lipinski definition) is 3. The molecule has 2 N–H and O–H groups in total. The van der Waals surface area contributed by atoms with Crippen molar-refractivity contribution in [2.75, 3.05) is 12.3 Å². The van der Waals surface area contributed by atoms with Crippen molar-refractivity contribution in [1.29, 1.82) is 0 Å². The van der Waals surface area contributed by atoms with E-state index < -0.39 is 0 Å². The van der Waals surface area contributed by atoms with Gasteiger partial charge in [0, 0.05) is 25.4 Å². The largest absolute Gasteiger partial charge is 0.354 e. The Morgan fingerprint density at radius 2 is 2.46 bits per heavy atom. The molecule has 5 heteroatoms. The monoisotopic (exact) mass is 202 g/mol. The SMILES string of the molecule is O=C(CCS)NCC1CCC(=O)N1. The number of nitrogens with one attached hydrogen (secondary N) is 2. The van der Waals surface area contributed by atoms with Crippen molar-refractivity contribution in [3.8, 4) is 0 Å². The Hall–Kier alpha value is -0.710. The van der Waals surface area contributed by atoms with Gasteiger partial charge in [-0.15, -0.1) is 0 Å². The highest BCUT2D eigenvalue weighted by atomic mass is 32.1. The highest BCUT2D eigenvalue weighted by Gasteiger charge is 2.20. The molecule has 74 valence electrons. The lowest BCUT2D eigenvalue weighted by Crippen LogP contribution is -2.38. The van der Waals surface area contributed by atoms with Gasteiger partial charge in [-0.25, -0.2) is 0 Å². The zero-order valence-corrected chi connectivity index (χ0v) is 8.27. The first-order valence-electron chi connectivity index (χ1n) is 4.39. The molecule has 0 saturated carbocycles. The first-order chi connectivity index (χ1) is 6.22. The fraction of sp³-hybridized carbons (Fsp3) is 0.750. The normalized spacial score (nSPS) is 21.3. The molecule has 0 aliphatic carbocycles. The van der Waals surface area contributed by atoms with E-state index in [1.807, 2.05) is 0 Å². The zero-order valence-electron chi connectivity index (χ0n) is 7.38. The maximum atomic E-state index is 11.0. The van der Waals surface area contributed by atoms with Gasteiger partial charge >= 0.3 is 0 Å². The molecular formula is C8H14N2O2S. The molecule has 1 unspecified atom stereocenters. The summed E-state index contributed by atoms with van der Waals surface area (Å²) in [6.07, 6.45) is 1.83. The molecule has 1 rings (SSSR count). The smallest absolute Gasteiger partial charge is 0.220 e. The van der Waals surface area contributed by atoms with E-state index in [2.05, 4.69) is 23.3 Å². The van der Waals surface area contributed by atoms with Crippen LogP contribution in [0, 0.1) is 0 Å². The third-order valence-electron chi connectivity index (χ3n) is 1.97. The van der Waals surface area contributed by atoms with Crippen LogP contribution in [-0.4, -0.2) is 30.2 Å². The van der Waals surface area contributed by atoms with Gasteiger partial charge in [0.2, 0.25) is 11.8 Å². The predicted molar refractivity (Wildman–Crippen MR) is 52.6 cm³/mol. The topological polar surface area (TPSA) is 58.2 Å². The molecule has 0 aromatic rings. The van der Waals surface area contributed by atoms with E-state index in [0.29, 0.717) is 25.1 Å². The summed E-state index contributed by atoms with van der Waals surface area (Å²) < 4.78 is 0. The fourth-order valence-corrected chi connectivity index (χ4v) is 1.46. The van der Waals surface area contributed by atoms with Gasteiger partial charge in [0.1, 0.15) is 0 Å². The molecule has 1 aliphatic rings. The highest BCUT2D eigenvalue weighted by Crippen LogP contribution is 2.04. The summed E-state index contributed by atoms with van der Waals surface area (Å²) in [5, 5.41) is 5.52. The highest BCUT2D eigenvalue weighted by molar-refractivity contribution is 7.80. The van der Waals surface area contributed by atoms with Crippen LogP contribution >= 0.6 is 12.6 Å². The van der Waals surface area contributed by atoms with Gasteiger partial charge in [0.15, 0.2) is 0 Å². The van der Waals surface area contributed by atoms with Gasteiger partial charge < -0.3 is 10.6 Å². The van der Waals surface area contributed by atoms with Gasteiger partial charge in [-0.3, -0.25) is 9.59 Å². The second kappa shape index (κ2) is 5.11. The Labute approximate surface area is 82.9 Å². The maximum absolute atomic E-state index is 11.0. The standard InChI is InChI=1S/C8H14N2O2S/c11-7(3-4-13)9-5-6-1-2-8(12)10-6/h6,13H,1-5H2,(H,9,11)(H,10,12). The summed E-state index contributed by atoms with van der Waals surface area (Å²) in [7, 11) is 0. The quantitative estimate of drug-likeness (QED) is 0.548. The summed E-state index contributed by atoms with van der Waals surface area (Å²) in [6.45, 7) is 0.540. The van der Waals surface area contributed by atoms with Crippen LogP contribution in [0.3, 0.4) is 0 Å². The van der Waals surface area contributed by atoms with E-state index in [9.17, 15) is 9.59 Å². The van der Waals surface area contributed by atoms with E-state index in [4.69, 9.17) is 0 Å². The molecule has 13 heavy (non-hydrogen) atoms. The van der Waals surface area contributed by atoms with Gasteiger partial charge in [-0.1, -0.05) is 0 Å². The predicted octanol–water partition coefficient (Wildman–Crippen LogP) is -0.299. The van der Waals surface area contributed by atoms with Crippen LogP contribution in [0.25, 0.3) is 0 Å². The van der Waals surface area contributed by atoms with Crippen LogP contribution in [0.2, 0.25) is 0 Å². The van der Waals surface area contributed by atoms with Crippen molar-refractivity contribution in [2.24, 2.45) is 0 Å². The van der Waals surface area contributed by atoms with Crippen LogP contribution in [0.15, 0.2) is 0 Å². The second-order valence-electron chi connectivity index (χ2n) is 3.08. The molecule has 0 spiro atoms. The Balaban J connectivity index is 2.12. The first-order valence-corrected chi connectivity index (χ1v) is 5.02. The molecule has 4 nitrogen and oxygen atoms in total. The van der Waals surface area contributed by atoms with Gasteiger partial charge in [0.05, 0.1) is 0 Å². The third-order valence-corrected chi connectivity index (χ3v) is 2.19. The lowest BCUT2D eigenvalue weighted by molar-refractivity contribution is -0.121. The maximum Gasteiger partial charge on any atom is 0.220 e. The molecule has 1 aliphatic heterocycles. The number of carbonyl (C=O) groups excluding carboxylic acids is 2. The van der Waals surface area contributed by atoms with E-state index in [1.54, 1.807) is 0 Å². The van der Waals surface area contributed by atoms with Crippen LogP contribution in [0.4, 0.5) is 0 Å². The lowest BCUT2D eigenvalue weighted by atomic mass is 10.2. The summed E-state index contributed by atoms with van der Waals surface area (Å²) in [6, 6.07) is 0.122. The average molecular weight is 202 g/mol. The van der Waals surface area contributed by atoms with Gasteiger partial charge in [-0.2, -0.15) is 12.6 Å². The Morgan fingerprint density at radius 3 is 3.00 bits per heavy atom. The Bertz CT molecular complexity index is 208. The van der Waals surface area contributed by atoms with Crippen molar-refractivity contribution in [3.63, 3.8) is 0 Å². The van der Waals surface area contributed by atoms with Crippen molar-refractivity contribution < 1.29 is 9.59 Å². The summed E-state index contributed by atoms with van der Waals surface area (Å²) >= 11 is 3.95. The van der Waals surface area contributed by atoms with Crippen LogP contribution in [0.1, 0.15) is 19.3 Å². The van der Waals surface area contributed by atoms with E-state index in [-0.39, 0.29) is 17.9 Å². The second-order valence-corrected chi connectivity index (χ2v) is 3.53. The molecule has 0 aromatic heterocycles. The van der Waals surface area contributed by atoms with Crippen molar-refractivity contribution >= 4 is 24.4 Å². The average Bonchev–Trinajstić information content (AvgIpc) is 2.49. The number of rotatable bonds is 4. The van der Waals surface area contributed by atoms with Crippen LogP contribution in [0.5, 0.6) is 0 Å². The molecule has 2 amide bonds. The van der Waals surface area contributed by atoms with E-state index in [0.717, 1.165) is 6.42 Å². The zero-order chi connectivity index (χ0) is 9.68. The minimum atomic E-state index is -0.00357. The number of thiol groups is 1. The summed E-state index contributed by atoms with van der Waals surface area (Å²) in [5.41, 5.74) is 0. The van der Waals surface area contributed by atoms with E-state index >= 15 is 0 Å². The minimum Gasteiger partial charge on any atom is -0.354 e. The van der Waals surface area contributed by atoms with E-state index in [1.165, 1.54) is 0 Å². The number of carbonyl (C=O) groups is 2. The fourth-order valence-electron chi connectivity index (χ4n) is 1.26. The Kier molecular flexibility index (Phi) is 4.08. The third kappa shape index (κ3) is 3.67. The summed E-state index contributed by atoms with van der Waals surface area (Å²) in [5.74, 6) is 0.632. The summed E-state index contributed by atoms with van der Waals surface area (Å²) in [4.78, 5) is 21.8. The first kappa shape index (κ1) is 10.4. The molecule has 0 aromatic carbocycles. The molecule has 0 radical (unpaired) electrons. The van der Waals surface area contributed by atoms with Gasteiger partial charge in [-0.05, 0) is 12.2 Å². The van der Waals surface area contributed by atoms with Crippen molar-refractivity contribution in [3.05, 3.63) is 0 Å². The molecule has 1 atom stereocenters.